The van der Waals surface area contributed by atoms with Crippen LogP contribution in [0.4, 0.5) is 0 Å². The molecule has 0 saturated heterocycles. The van der Waals surface area contributed by atoms with Crippen molar-refractivity contribution in [2.75, 3.05) is 7.11 Å². The molecule has 0 bridgehead atoms. The standard InChI is InChI=1S/C13H11N3O3/c1-19-12-6-11(17)15-13(18)16(12)8-10-5-3-2-4-9(10)7-14/h2-6H,8H2,1H3,(H,15,17,18). The fraction of sp³-hybridized carbons (Fsp3) is 0.154. The van der Waals surface area contributed by atoms with Crippen molar-refractivity contribution in [3.8, 4) is 11.9 Å². The van der Waals surface area contributed by atoms with E-state index in [1.54, 1.807) is 24.3 Å². The van der Waals surface area contributed by atoms with Crippen molar-refractivity contribution in [2.45, 2.75) is 6.54 Å². The zero-order chi connectivity index (χ0) is 13.8. The lowest BCUT2D eigenvalue weighted by Crippen LogP contribution is -2.30. The van der Waals surface area contributed by atoms with Crippen LogP contribution in [0.1, 0.15) is 11.1 Å². The molecule has 6 nitrogen and oxygen atoms in total. The normalized spacial score (nSPS) is 9.89. The second-order valence-electron chi connectivity index (χ2n) is 3.84. The van der Waals surface area contributed by atoms with Gasteiger partial charge in [0.15, 0.2) is 0 Å². The first-order valence-electron chi connectivity index (χ1n) is 5.52. The average Bonchev–Trinajstić information content (AvgIpc) is 2.42. The van der Waals surface area contributed by atoms with Crippen molar-refractivity contribution < 1.29 is 4.74 Å². The van der Waals surface area contributed by atoms with Crippen LogP contribution in [0.25, 0.3) is 0 Å². The van der Waals surface area contributed by atoms with E-state index in [1.165, 1.54) is 17.7 Å². The third-order valence-corrected chi connectivity index (χ3v) is 2.67. The van der Waals surface area contributed by atoms with Gasteiger partial charge in [0, 0.05) is 0 Å². The first kappa shape index (κ1) is 12.6. The van der Waals surface area contributed by atoms with Crippen LogP contribution in [0, 0.1) is 11.3 Å². The number of ether oxygens (including phenoxy) is 1. The molecule has 0 amide bonds. The lowest BCUT2D eigenvalue weighted by atomic mass is 10.1. The number of aromatic amines is 1. The number of benzene rings is 1. The maximum Gasteiger partial charge on any atom is 0.331 e. The van der Waals surface area contributed by atoms with E-state index in [0.29, 0.717) is 11.1 Å². The molecule has 6 heteroatoms. The summed E-state index contributed by atoms with van der Waals surface area (Å²) >= 11 is 0. The average molecular weight is 257 g/mol. The molecule has 2 rings (SSSR count). The number of nitriles is 1. The van der Waals surface area contributed by atoms with Gasteiger partial charge in [0.05, 0.1) is 31.4 Å². The van der Waals surface area contributed by atoms with E-state index in [2.05, 4.69) is 11.1 Å². The third-order valence-electron chi connectivity index (χ3n) is 2.67. The monoisotopic (exact) mass is 257 g/mol. The number of methoxy groups -OCH3 is 1. The number of H-pyrrole nitrogens is 1. The van der Waals surface area contributed by atoms with Gasteiger partial charge in [-0.1, -0.05) is 18.2 Å². The lowest BCUT2D eigenvalue weighted by molar-refractivity contribution is 0.366. The summed E-state index contributed by atoms with van der Waals surface area (Å²) in [5, 5.41) is 9.01. The molecule has 19 heavy (non-hydrogen) atoms. The number of rotatable bonds is 3. The van der Waals surface area contributed by atoms with Gasteiger partial charge in [0.1, 0.15) is 0 Å². The first-order valence-corrected chi connectivity index (χ1v) is 5.52. The number of nitrogens with zero attached hydrogens (tertiary/aromatic N) is 2. The van der Waals surface area contributed by atoms with E-state index in [9.17, 15) is 9.59 Å². The summed E-state index contributed by atoms with van der Waals surface area (Å²) in [5.74, 6) is 0.154. The Morgan fingerprint density at radius 2 is 2.11 bits per heavy atom. The SMILES string of the molecule is COc1cc(=O)[nH]c(=O)n1Cc1ccccc1C#N. The summed E-state index contributed by atoms with van der Waals surface area (Å²) in [7, 11) is 1.38. The number of hydrogen-bond donors (Lipinski definition) is 1. The minimum Gasteiger partial charge on any atom is -0.482 e. The smallest absolute Gasteiger partial charge is 0.331 e. The van der Waals surface area contributed by atoms with Crippen LogP contribution in [0.5, 0.6) is 5.88 Å². The summed E-state index contributed by atoms with van der Waals surface area (Å²) in [6.45, 7) is 0.155. The van der Waals surface area contributed by atoms with E-state index >= 15 is 0 Å². The Bertz CT molecular complexity index is 753. The first-order chi connectivity index (χ1) is 9.15. The van der Waals surface area contributed by atoms with Crippen LogP contribution < -0.4 is 16.0 Å². The number of hydrogen-bond acceptors (Lipinski definition) is 4. The highest BCUT2D eigenvalue weighted by molar-refractivity contribution is 5.37. The Hall–Kier alpha value is -2.81. The molecule has 1 N–H and O–H groups in total. The molecule has 96 valence electrons. The van der Waals surface area contributed by atoms with E-state index in [-0.39, 0.29) is 12.4 Å². The van der Waals surface area contributed by atoms with Gasteiger partial charge in [0.2, 0.25) is 5.88 Å². The quantitative estimate of drug-likeness (QED) is 0.865. The van der Waals surface area contributed by atoms with E-state index in [0.717, 1.165) is 0 Å². The molecular formula is C13H11N3O3. The fourth-order valence-corrected chi connectivity index (χ4v) is 1.76. The maximum absolute atomic E-state index is 11.8. The van der Waals surface area contributed by atoms with Gasteiger partial charge in [0.25, 0.3) is 5.56 Å². The zero-order valence-corrected chi connectivity index (χ0v) is 10.2. The summed E-state index contributed by atoms with van der Waals surface area (Å²) < 4.78 is 6.27. The lowest BCUT2D eigenvalue weighted by Gasteiger charge is -2.11. The van der Waals surface area contributed by atoms with Gasteiger partial charge >= 0.3 is 5.69 Å². The summed E-state index contributed by atoms with van der Waals surface area (Å²) in [5.41, 5.74) is 0.0591. The number of aromatic nitrogens is 2. The van der Waals surface area contributed by atoms with Gasteiger partial charge in [-0.15, -0.1) is 0 Å². The third kappa shape index (κ3) is 2.55. The van der Waals surface area contributed by atoms with Crippen molar-refractivity contribution >= 4 is 0 Å². The highest BCUT2D eigenvalue weighted by Crippen LogP contribution is 2.12. The second-order valence-corrected chi connectivity index (χ2v) is 3.84. The largest absolute Gasteiger partial charge is 0.482 e. The minimum atomic E-state index is -0.572. The molecule has 1 aromatic carbocycles. The van der Waals surface area contributed by atoms with Crippen molar-refractivity contribution in [3.63, 3.8) is 0 Å². The summed E-state index contributed by atoms with van der Waals surface area (Å²) in [6, 6.07) is 10.2. The topological polar surface area (TPSA) is 87.9 Å². The van der Waals surface area contributed by atoms with Crippen LogP contribution in [0.2, 0.25) is 0 Å². The van der Waals surface area contributed by atoms with E-state index in [4.69, 9.17) is 10.00 Å². The second kappa shape index (κ2) is 5.23. The van der Waals surface area contributed by atoms with Crippen molar-refractivity contribution in [2.24, 2.45) is 0 Å². The van der Waals surface area contributed by atoms with Crippen LogP contribution >= 0.6 is 0 Å². The molecule has 0 spiro atoms. The maximum atomic E-state index is 11.8. The summed E-state index contributed by atoms with van der Waals surface area (Å²) in [6.07, 6.45) is 0. The van der Waals surface area contributed by atoms with Crippen molar-refractivity contribution in [3.05, 3.63) is 62.3 Å². The highest BCUT2D eigenvalue weighted by atomic mass is 16.5. The molecule has 1 heterocycles. The molecule has 2 aromatic rings. The molecular weight excluding hydrogens is 246 g/mol. The molecule has 0 aliphatic carbocycles. The van der Waals surface area contributed by atoms with Gasteiger partial charge in [-0.2, -0.15) is 5.26 Å². The Labute approximate surface area is 108 Å². The van der Waals surface area contributed by atoms with Gasteiger partial charge in [-0.3, -0.25) is 14.3 Å². The fourth-order valence-electron chi connectivity index (χ4n) is 1.76. The van der Waals surface area contributed by atoms with Crippen LogP contribution in [0.15, 0.2) is 39.9 Å². The summed E-state index contributed by atoms with van der Waals surface area (Å²) in [4.78, 5) is 25.1. The van der Waals surface area contributed by atoms with Crippen LogP contribution in [-0.2, 0) is 6.54 Å². The molecule has 0 atom stereocenters. The van der Waals surface area contributed by atoms with Gasteiger partial charge < -0.3 is 4.74 Å². The Morgan fingerprint density at radius 3 is 2.79 bits per heavy atom. The van der Waals surface area contributed by atoms with Gasteiger partial charge in [-0.25, -0.2) is 4.79 Å². The molecule has 0 radical (unpaired) electrons. The molecule has 0 aliphatic heterocycles. The number of nitrogens with one attached hydrogen (secondary N) is 1. The highest BCUT2D eigenvalue weighted by Gasteiger charge is 2.09. The van der Waals surface area contributed by atoms with Crippen molar-refractivity contribution in [1.82, 2.24) is 9.55 Å². The Kier molecular flexibility index (Phi) is 3.48. The van der Waals surface area contributed by atoms with Gasteiger partial charge in [-0.05, 0) is 11.6 Å². The predicted octanol–water partition coefficient (Wildman–Crippen LogP) is 0.465. The molecule has 0 aliphatic rings. The Balaban J connectivity index is 2.53. The molecule has 0 unspecified atom stereocenters. The molecule has 0 fully saturated rings. The molecule has 1 aromatic heterocycles. The minimum absolute atomic E-state index is 0.154. The van der Waals surface area contributed by atoms with E-state index in [1.807, 2.05) is 0 Å². The Morgan fingerprint density at radius 1 is 1.37 bits per heavy atom. The van der Waals surface area contributed by atoms with Crippen LogP contribution in [-0.4, -0.2) is 16.7 Å². The zero-order valence-electron chi connectivity index (χ0n) is 10.2. The van der Waals surface area contributed by atoms with E-state index < -0.39 is 11.2 Å². The van der Waals surface area contributed by atoms with Crippen LogP contribution in [0.3, 0.4) is 0 Å². The predicted molar refractivity (Wildman–Crippen MR) is 68.1 cm³/mol. The molecule has 0 saturated carbocycles. The van der Waals surface area contributed by atoms with Crippen molar-refractivity contribution in [1.29, 1.82) is 5.26 Å².